The predicted octanol–water partition coefficient (Wildman–Crippen LogP) is 3.58. The molecule has 0 aromatic rings. The van der Waals surface area contributed by atoms with Crippen LogP contribution in [0.5, 0.6) is 0 Å². The average molecular weight is 534 g/mol. The van der Waals surface area contributed by atoms with E-state index in [9.17, 15) is 15.0 Å². The molecular formula is C29H59NO7. The van der Waals surface area contributed by atoms with Crippen LogP contribution in [0.2, 0.25) is 0 Å². The lowest BCUT2D eigenvalue weighted by atomic mass is 9.95. The van der Waals surface area contributed by atoms with Crippen molar-refractivity contribution < 1.29 is 38.4 Å². The van der Waals surface area contributed by atoms with Crippen molar-refractivity contribution in [1.29, 1.82) is 0 Å². The number of unbranched alkanes of at least 4 members (excludes halogenated alkanes) is 8. The Morgan fingerprint density at radius 3 is 1.65 bits per heavy atom. The lowest BCUT2D eigenvalue weighted by Crippen LogP contribution is -2.52. The SMILES string of the molecule is CCCCCCCCC(CCCCCC)COCCOCCOCCOCC(O)C[N+](C)(C)CC(=O)[O-]. The molecule has 0 saturated carbocycles. The number of carboxylic acids is 1. The van der Waals surface area contributed by atoms with E-state index in [0.717, 1.165) is 6.61 Å². The highest BCUT2D eigenvalue weighted by Gasteiger charge is 2.20. The number of aliphatic hydroxyl groups excluding tert-OH is 1. The Bertz CT molecular complexity index is 505. The first-order chi connectivity index (χ1) is 17.8. The van der Waals surface area contributed by atoms with E-state index in [1.54, 1.807) is 14.1 Å². The van der Waals surface area contributed by atoms with Gasteiger partial charge in [0, 0.05) is 6.61 Å². The number of hydrogen-bond donors (Lipinski definition) is 1. The van der Waals surface area contributed by atoms with Gasteiger partial charge in [0.25, 0.3) is 0 Å². The zero-order valence-electron chi connectivity index (χ0n) is 24.6. The van der Waals surface area contributed by atoms with Gasteiger partial charge in [-0.05, 0) is 18.8 Å². The van der Waals surface area contributed by atoms with Gasteiger partial charge in [-0.1, -0.05) is 78.1 Å². The van der Waals surface area contributed by atoms with Crippen molar-refractivity contribution in [3.8, 4) is 0 Å². The van der Waals surface area contributed by atoms with Crippen LogP contribution in [0.3, 0.4) is 0 Å². The van der Waals surface area contributed by atoms with E-state index in [-0.39, 0.29) is 24.2 Å². The largest absolute Gasteiger partial charge is 0.544 e. The van der Waals surface area contributed by atoms with Crippen molar-refractivity contribution in [3.05, 3.63) is 0 Å². The molecule has 8 heteroatoms. The van der Waals surface area contributed by atoms with Crippen molar-refractivity contribution in [1.82, 2.24) is 0 Å². The van der Waals surface area contributed by atoms with Crippen LogP contribution >= 0.6 is 0 Å². The molecule has 0 aromatic heterocycles. The molecule has 2 atom stereocenters. The van der Waals surface area contributed by atoms with E-state index in [1.807, 2.05) is 0 Å². The lowest BCUT2D eigenvalue weighted by molar-refractivity contribution is -0.887. The van der Waals surface area contributed by atoms with Crippen molar-refractivity contribution in [3.63, 3.8) is 0 Å². The summed E-state index contributed by atoms with van der Waals surface area (Å²) >= 11 is 0. The molecule has 0 aromatic carbocycles. The van der Waals surface area contributed by atoms with E-state index in [4.69, 9.17) is 18.9 Å². The Balaban J connectivity index is 3.71. The molecule has 1 N–H and O–H groups in total. The number of rotatable bonds is 29. The van der Waals surface area contributed by atoms with Crippen LogP contribution in [-0.2, 0) is 23.7 Å². The van der Waals surface area contributed by atoms with Gasteiger partial charge in [-0.2, -0.15) is 0 Å². The molecule has 0 aliphatic heterocycles. The minimum atomic E-state index is -1.13. The second kappa shape index (κ2) is 25.5. The summed E-state index contributed by atoms with van der Waals surface area (Å²) in [5.41, 5.74) is 0. The van der Waals surface area contributed by atoms with Crippen molar-refractivity contribution in [2.75, 3.05) is 80.0 Å². The van der Waals surface area contributed by atoms with Crippen LogP contribution in [0, 0.1) is 5.92 Å². The molecule has 0 amide bonds. The molecule has 37 heavy (non-hydrogen) atoms. The topological polar surface area (TPSA) is 97.3 Å². The molecular weight excluding hydrogens is 474 g/mol. The minimum Gasteiger partial charge on any atom is -0.544 e. The molecule has 2 unspecified atom stereocenters. The van der Waals surface area contributed by atoms with E-state index >= 15 is 0 Å². The summed E-state index contributed by atoms with van der Waals surface area (Å²) in [6.45, 7) is 8.62. The number of likely N-dealkylation sites (N-methyl/N-ethyl adjacent to an activating group) is 1. The Morgan fingerprint density at radius 1 is 0.703 bits per heavy atom. The standard InChI is InChI=1S/C29H59NO7/c1-5-7-9-11-12-14-16-27(15-13-10-8-6-2)25-36-21-19-34-17-18-35-20-22-37-26-28(31)23-30(3,4)24-29(32)33/h27-28,31H,5-26H2,1-4H3. The van der Waals surface area contributed by atoms with Gasteiger partial charge in [0.1, 0.15) is 19.2 Å². The number of nitrogens with zero attached hydrogens (tertiary/aromatic N) is 1. The smallest absolute Gasteiger partial charge is 0.126 e. The number of hydrogen-bond acceptors (Lipinski definition) is 7. The number of aliphatic hydroxyl groups is 1. The normalized spacial score (nSPS) is 13.6. The summed E-state index contributed by atoms with van der Waals surface area (Å²) < 4.78 is 22.6. The molecule has 222 valence electrons. The van der Waals surface area contributed by atoms with E-state index in [2.05, 4.69) is 13.8 Å². The third-order valence-electron chi connectivity index (χ3n) is 6.47. The quantitative estimate of drug-likeness (QED) is 0.116. The van der Waals surface area contributed by atoms with Crippen LogP contribution in [0.4, 0.5) is 0 Å². The first-order valence-corrected chi connectivity index (χ1v) is 14.8. The summed E-state index contributed by atoms with van der Waals surface area (Å²) in [5.74, 6) is -0.463. The van der Waals surface area contributed by atoms with Gasteiger partial charge in [-0.15, -0.1) is 0 Å². The number of aliphatic carboxylic acids is 1. The van der Waals surface area contributed by atoms with Gasteiger partial charge in [0.2, 0.25) is 0 Å². The summed E-state index contributed by atoms with van der Waals surface area (Å²) in [5, 5.41) is 20.7. The van der Waals surface area contributed by atoms with Gasteiger partial charge in [0.05, 0.1) is 66.3 Å². The maximum Gasteiger partial charge on any atom is 0.126 e. The van der Waals surface area contributed by atoms with E-state index in [1.165, 1.54) is 77.0 Å². The second-order valence-corrected chi connectivity index (χ2v) is 10.9. The summed E-state index contributed by atoms with van der Waals surface area (Å²) in [4.78, 5) is 10.7. The molecule has 0 saturated heterocycles. The predicted molar refractivity (Wildman–Crippen MR) is 146 cm³/mol. The fraction of sp³-hybridized carbons (Fsp3) is 0.966. The summed E-state index contributed by atoms with van der Waals surface area (Å²) in [6, 6.07) is 0. The zero-order chi connectivity index (χ0) is 27.6. The molecule has 0 aliphatic carbocycles. The average Bonchev–Trinajstić information content (AvgIpc) is 2.82. The molecule has 0 fully saturated rings. The molecule has 0 aliphatic rings. The fourth-order valence-electron chi connectivity index (χ4n) is 4.45. The van der Waals surface area contributed by atoms with Crippen LogP contribution in [0.15, 0.2) is 0 Å². The summed E-state index contributed by atoms with van der Waals surface area (Å²) in [6.07, 6.45) is 15.2. The third kappa shape index (κ3) is 26.6. The first-order valence-electron chi connectivity index (χ1n) is 14.8. The Labute approximate surface area is 227 Å². The van der Waals surface area contributed by atoms with E-state index in [0.29, 0.717) is 45.6 Å². The molecule has 0 heterocycles. The first kappa shape index (κ1) is 36.2. The van der Waals surface area contributed by atoms with Gasteiger partial charge in [-0.25, -0.2) is 0 Å². The molecule has 8 nitrogen and oxygen atoms in total. The van der Waals surface area contributed by atoms with Crippen molar-refractivity contribution in [2.24, 2.45) is 5.92 Å². The number of carbonyl (C=O) groups is 1. The van der Waals surface area contributed by atoms with Crippen molar-refractivity contribution in [2.45, 2.75) is 97.0 Å². The monoisotopic (exact) mass is 533 g/mol. The Hall–Kier alpha value is -0.770. The maximum absolute atomic E-state index is 10.7. The highest BCUT2D eigenvalue weighted by Crippen LogP contribution is 2.19. The summed E-state index contributed by atoms with van der Waals surface area (Å²) in [7, 11) is 3.47. The van der Waals surface area contributed by atoms with Gasteiger partial charge in [-0.3, -0.25) is 0 Å². The van der Waals surface area contributed by atoms with Gasteiger partial charge in [0.15, 0.2) is 0 Å². The minimum absolute atomic E-state index is 0.142. The number of quaternary nitrogens is 1. The highest BCUT2D eigenvalue weighted by atomic mass is 16.6. The molecule has 0 radical (unpaired) electrons. The second-order valence-electron chi connectivity index (χ2n) is 10.9. The van der Waals surface area contributed by atoms with Gasteiger partial charge >= 0.3 is 0 Å². The number of carboxylic acid groups (broad SMARTS) is 1. The molecule has 0 spiro atoms. The number of ether oxygens (including phenoxy) is 4. The molecule has 0 rings (SSSR count). The third-order valence-corrected chi connectivity index (χ3v) is 6.47. The molecule has 0 bridgehead atoms. The van der Waals surface area contributed by atoms with E-state index < -0.39 is 12.1 Å². The lowest BCUT2D eigenvalue weighted by Gasteiger charge is -2.31. The maximum atomic E-state index is 10.7. The van der Waals surface area contributed by atoms with Gasteiger partial charge < -0.3 is 38.4 Å². The Morgan fingerprint density at radius 2 is 1.14 bits per heavy atom. The number of carbonyl (C=O) groups excluding carboxylic acids is 1. The fourth-order valence-corrected chi connectivity index (χ4v) is 4.45. The van der Waals surface area contributed by atoms with Crippen LogP contribution in [0.1, 0.15) is 90.9 Å². The van der Waals surface area contributed by atoms with Crippen LogP contribution in [0.25, 0.3) is 0 Å². The van der Waals surface area contributed by atoms with Crippen LogP contribution in [-0.4, -0.2) is 102 Å². The Kier molecular flexibility index (Phi) is 25.0. The highest BCUT2D eigenvalue weighted by molar-refractivity contribution is 5.65. The van der Waals surface area contributed by atoms with Crippen molar-refractivity contribution >= 4 is 5.97 Å². The zero-order valence-corrected chi connectivity index (χ0v) is 24.6. The van der Waals surface area contributed by atoms with Crippen LogP contribution < -0.4 is 5.11 Å².